The number of amides is 2. The SMILES string of the molecule is Cc1noc(NS(=O)(=O)c2ccccc2-c2ccc(CN(C)[C@H](C(=O)NC(=O)C3CCC3)C(C)C)cc2)c1C. The third kappa shape index (κ3) is 6.39. The maximum atomic E-state index is 13.2. The van der Waals surface area contributed by atoms with E-state index in [0.29, 0.717) is 23.4 Å². The lowest BCUT2D eigenvalue weighted by Crippen LogP contribution is -2.51. The number of nitrogens with zero attached hydrogens (tertiary/aromatic N) is 2. The molecule has 0 saturated heterocycles. The van der Waals surface area contributed by atoms with E-state index in [-0.39, 0.29) is 34.4 Å². The van der Waals surface area contributed by atoms with E-state index in [1.807, 2.05) is 50.1 Å². The maximum absolute atomic E-state index is 13.2. The summed E-state index contributed by atoms with van der Waals surface area (Å²) < 4.78 is 34.2. The highest BCUT2D eigenvalue weighted by atomic mass is 32.2. The first-order valence-corrected chi connectivity index (χ1v) is 14.6. The Hall–Kier alpha value is -3.50. The zero-order valence-electron chi connectivity index (χ0n) is 23.0. The number of nitrogens with one attached hydrogen (secondary N) is 2. The number of anilines is 1. The Morgan fingerprint density at radius 2 is 1.74 bits per heavy atom. The monoisotopic (exact) mass is 552 g/mol. The van der Waals surface area contributed by atoms with Gasteiger partial charge in [0.1, 0.15) is 0 Å². The van der Waals surface area contributed by atoms with Crippen molar-refractivity contribution in [3.63, 3.8) is 0 Å². The van der Waals surface area contributed by atoms with E-state index in [1.165, 1.54) is 0 Å². The molecule has 2 aromatic carbocycles. The number of hydrogen-bond donors (Lipinski definition) is 2. The highest BCUT2D eigenvalue weighted by Gasteiger charge is 2.32. The van der Waals surface area contributed by atoms with Gasteiger partial charge in [0.25, 0.3) is 10.0 Å². The minimum atomic E-state index is -3.94. The molecule has 9 nitrogen and oxygen atoms in total. The molecule has 39 heavy (non-hydrogen) atoms. The molecule has 1 fully saturated rings. The van der Waals surface area contributed by atoms with Crippen LogP contribution in [-0.2, 0) is 26.2 Å². The Morgan fingerprint density at radius 1 is 1.08 bits per heavy atom. The average molecular weight is 553 g/mol. The Kier molecular flexibility index (Phi) is 8.56. The number of likely N-dealkylation sites (N-methyl/N-ethyl adjacent to an activating group) is 1. The fourth-order valence-corrected chi connectivity index (χ4v) is 6.06. The van der Waals surface area contributed by atoms with Crippen molar-refractivity contribution >= 4 is 27.7 Å². The molecule has 2 amide bonds. The number of sulfonamides is 1. The molecule has 0 aliphatic heterocycles. The lowest BCUT2D eigenvalue weighted by molar-refractivity contribution is -0.137. The normalized spacial score (nSPS) is 14.7. The number of aryl methyl sites for hydroxylation is 1. The van der Waals surface area contributed by atoms with Gasteiger partial charge in [0.2, 0.25) is 17.7 Å². The molecule has 0 unspecified atom stereocenters. The summed E-state index contributed by atoms with van der Waals surface area (Å²) in [5.74, 6) is -0.398. The van der Waals surface area contributed by atoms with Crippen molar-refractivity contribution in [3.05, 3.63) is 65.4 Å². The van der Waals surface area contributed by atoms with Crippen LogP contribution in [0.15, 0.2) is 57.9 Å². The van der Waals surface area contributed by atoms with Crippen molar-refractivity contribution in [2.75, 3.05) is 11.8 Å². The minimum Gasteiger partial charge on any atom is -0.337 e. The van der Waals surface area contributed by atoms with Crippen molar-refractivity contribution in [2.45, 2.75) is 64.4 Å². The van der Waals surface area contributed by atoms with Gasteiger partial charge < -0.3 is 4.52 Å². The lowest BCUT2D eigenvalue weighted by Gasteiger charge is -2.31. The van der Waals surface area contributed by atoms with Crippen LogP contribution in [0.1, 0.15) is 49.9 Å². The molecule has 10 heteroatoms. The van der Waals surface area contributed by atoms with Crippen molar-refractivity contribution < 1.29 is 22.5 Å². The summed E-state index contributed by atoms with van der Waals surface area (Å²) in [6, 6.07) is 13.9. The minimum absolute atomic E-state index is 0.00448. The standard InChI is InChI=1S/C29H36N4O5S/c1-18(2)26(28(35)30-27(34)23-9-8-10-23)33(5)17-21-13-15-22(16-14-21)24-11-6-7-12-25(24)39(36,37)32-29-19(3)20(4)31-38-29/h6-7,11-16,18,23,26,32H,8-10,17H2,1-5H3,(H,30,34,35)/t26-/m0/s1. The van der Waals surface area contributed by atoms with Gasteiger partial charge in [-0.15, -0.1) is 0 Å². The van der Waals surface area contributed by atoms with Crippen molar-refractivity contribution in [2.24, 2.45) is 11.8 Å². The molecule has 208 valence electrons. The van der Waals surface area contributed by atoms with Crippen molar-refractivity contribution in [1.29, 1.82) is 0 Å². The van der Waals surface area contributed by atoms with Gasteiger partial charge in [-0.1, -0.05) is 67.9 Å². The van der Waals surface area contributed by atoms with Crippen LogP contribution in [0.2, 0.25) is 0 Å². The van der Waals surface area contributed by atoms with E-state index in [0.717, 1.165) is 30.4 Å². The van der Waals surface area contributed by atoms with Crippen molar-refractivity contribution in [3.8, 4) is 11.1 Å². The molecule has 2 N–H and O–H groups in total. The van der Waals surface area contributed by atoms with Crippen LogP contribution in [0, 0.1) is 25.7 Å². The summed E-state index contributed by atoms with van der Waals surface area (Å²) in [7, 11) is -2.07. The molecular weight excluding hydrogens is 516 g/mol. The first kappa shape index (κ1) is 28.5. The lowest BCUT2D eigenvalue weighted by atomic mass is 9.84. The number of aromatic nitrogens is 1. The van der Waals surface area contributed by atoms with Gasteiger partial charge in [-0.2, -0.15) is 0 Å². The highest BCUT2D eigenvalue weighted by Crippen LogP contribution is 2.30. The molecule has 1 aliphatic carbocycles. The van der Waals surface area contributed by atoms with Gasteiger partial charge in [-0.25, -0.2) is 13.1 Å². The van der Waals surface area contributed by atoms with Crippen LogP contribution >= 0.6 is 0 Å². The number of carbonyl (C=O) groups is 2. The van der Waals surface area contributed by atoms with E-state index >= 15 is 0 Å². The molecule has 1 heterocycles. The summed E-state index contributed by atoms with van der Waals surface area (Å²) in [6.07, 6.45) is 2.71. The zero-order chi connectivity index (χ0) is 28.3. The maximum Gasteiger partial charge on any atom is 0.264 e. The van der Waals surface area contributed by atoms with Gasteiger partial charge in [0.15, 0.2) is 0 Å². The second-order valence-corrected chi connectivity index (χ2v) is 12.3. The van der Waals surface area contributed by atoms with E-state index in [2.05, 4.69) is 15.2 Å². The van der Waals surface area contributed by atoms with Gasteiger partial charge in [0.05, 0.1) is 16.6 Å². The topological polar surface area (TPSA) is 122 Å². The Balaban J connectivity index is 1.49. The summed E-state index contributed by atoms with van der Waals surface area (Å²) in [5.41, 5.74) is 3.48. The van der Waals surface area contributed by atoms with Crippen LogP contribution in [0.4, 0.5) is 5.88 Å². The third-order valence-corrected chi connectivity index (χ3v) is 8.74. The molecule has 3 aromatic rings. The molecule has 0 radical (unpaired) electrons. The average Bonchev–Trinajstić information content (AvgIpc) is 3.15. The number of hydrogen-bond acceptors (Lipinski definition) is 7. The second-order valence-electron chi connectivity index (χ2n) is 10.6. The smallest absolute Gasteiger partial charge is 0.264 e. The summed E-state index contributed by atoms with van der Waals surface area (Å²) in [5, 5.41) is 6.43. The molecule has 4 rings (SSSR count). The van der Waals surface area contributed by atoms with Gasteiger partial charge in [0, 0.05) is 23.6 Å². The fraction of sp³-hybridized carbons (Fsp3) is 0.414. The summed E-state index contributed by atoms with van der Waals surface area (Å²) in [6.45, 7) is 7.90. The second kappa shape index (κ2) is 11.7. The van der Waals surface area contributed by atoms with E-state index < -0.39 is 16.1 Å². The molecule has 0 bridgehead atoms. The van der Waals surface area contributed by atoms with Crippen molar-refractivity contribution in [1.82, 2.24) is 15.4 Å². The van der Waals surface area contributed by atoms with Crippen LogP contribution in [0.3, 0.4) is 0 Å². The predicted molar refractivity (Wildman–Crippen MR) is 149 cm³/mol. The Morgan fingerprint density at radius 3 is 2.31 bits per heavy atom. The number of imide groups is 1. The van der Waals surface area contributed by atoms with E-state index in [9.17, 15) is 18.0 Å². The van der Waals surface area contributed by atoms with Gasteiger partial charge in [-0.05, 0) is 56.8 Å². The molecule has 0 spiro atoms. The summed E-state index contributed by atoms with van der Waals surface area (Å²) >= 11 is 0. The molecule has 1 aromatic heterocycles. The van der Waals surface area contributed by atoms with E-state index in [1.54, 1.807) is 38.1 Å². The first-order chi connectivity index (χ1) is 18.5. The molecule has 1 atom stereocenters. The molecular formula is C29H36N4O5S. The zero-order valence-corrected chi connectivity index (χ0v) is 23.8. The first-order valence-electron chi connectivity index (χ1n) is 13.2. The molecule has 1 saturated carbocycles. The van der Waals surface area contributed by atoms with Crippen LogP contribution in [-0.4, -0.2) is 43.4 Å². The van der Waals surface area contributed by atoms with Crippen LogP contribution < -0.4 is 10.0 Å². The van der Waals surface area contributed by atoms with E-state index in [4.69, 9.17) is 4.52 Å². The quantitative estimate of drug-likeness (QED) is 0.375. The summed E-state index contributed by atoms with van der Waals surface area (Å²) in [4.78, 5) is 27.3. The van der Waals surface area contributed by atoms with Gasteiger partial charge in [-0.3, -0.25) is 19.8 Å². The highest BCUT2D eigenvalue weighted by molar-refractivity contribution is 7.92. The predicted octanol–water partition coefficient (Wildman–Crippen LogP) is 4.66. The van der Waals surface area contributed by atoms with Crippen LogP contribution in [0.25, 0.3) is 11.1 Å². The Labute approximate surface area is 230 Å². The largest absolute Gasteiger partial charge is 0.337 e. The van der Waals surface area contributed by atoms with Crippen LogP contribution in [0.5, 0.6) is 0 Å². The number of carbonyl (C=O) groups excluding carboxylic acids is 2. The van der Waals surface area contributed by atoms with Gasteiger partial charge >= 0.3 is 0 Å². The fourth-order valence-electron chi connectivity index (χ4n) is 4.78. The molecule has 1 aliphatic rings. The Bertz CT molecular complexity index is 1440. The third-order valence-electron chi connectivity index (χ3n) is 7.36. The number of rotatable bonds is 10. The number of benzene rings is 2.